The topological polar surface area (TPSA) is 89.6 Å². The lowest BCUT2D eigenvalue weighted by atomic mass is 10.1. The van der Waals surface area contributed by atoms with Crippen LogP contribution in [-0.2, 0) is 0 Å². The Morgan fingerprint density at radius 1 is 1.15 bits per heavy atom. The fourth-order valence-electron chi connectivity index (χ4n) is 1.68. The first kappa shape index (κ1) is 16.0. The minimum absolute atomic E-state index is 0.261. The molecule has 6 heteroatoms. The van der Waals surface area contributed by atoms with E-state index in [1.54, 1.807) is 18.7 Å². The summed E-state index contributed by atoms with van der Waals surface area (Å²) >= 11 is 0. The fraction of sp³-hybridized carbons (Fsp3) is 0.429. The normalized spacial score (nSPS) is 11.4. The van der Waals surface area contributed by atoms with Gasteiger partial charge in [-0.05, 0) is 13.1 Å². The number of rotatable bonds is 4. The number of hydrogen-bond acceptors (Lipinski definition) is 6. The van der Waals surface area contributed by atoms with Crippen LogP contribution in [0, 0.1) is 0 Å². The van der Waals surface area contributed by atoms with E-state index in [2.05, 4.69) is 32.2 Å². The molecule has 0 saturated carbocycles. The number of hydrogen-bond donors (Lipinski definition) is 2. The molecule has 0 fully saturated rings. The molecule has 2 aromatic heterocycles. The van der Waals surface area contributed by atoms with E-state index in [0.29, 0.717) is 5.92 Å². The molecule has 0 aliphatic rings. The quantitative estimate of drug-likeness (QED) is 0.884. The minimum atomic E-state index is 0.261. The summed E-state index contributed by atoms with van der Waals surface area (Å²) in [5.74, 6) is 0.586. The molecule has 0 aromatic carbocycles. The molecule has 3 N–H and O–H groups in total. The van der Waals surface area contributed by atoms with Gasteiger partial charge in [0.1, 0.15) is 6.33 Å². The van der Waals surface area contributed by atoms with E-state index in [4.69, 9.17) is 5.73 Å². The maximum Gasteiger partial charge on any atom is 0.219 e. The van der Waals surface area contributed by atoms with Crippen LogP contribution in [0.4, 0.5) is 5.95 Å². The summed E-state index contributed by atoms with van der Waals surface area (Å²) in [6, 6.07) is 1.96. The molecule has 0 aliphatic carbocycles. The summed E-state index contributed by atoms with van der Waals surface area (Å²) in [6.07, 6.45) is 4.89. The van der Waals surface area contributed by atoms with Gasteiger partial charge in [0.05, 0.1) is 5.69 Å². The molecule has 0 spiro atoms. The first-order chi connectivity index (χ1) is 9.70. The fourth-order valence-corrected chi connectivity index (χ4v) is 1.68. The summed E-state index contributed by atoms with van der Waals surface area (Å²) in [5, 5.41) is 3.13. The number of nitrogen functional groups attached to an aromatic ring is 1. The van der Waals surface area contributed by atoms with Crippen molar-refractivity contribution in [2.45, 2.75) is 26.7 Å². The van der Waals surface area contributed by atoms with E-state index in [1.165, 1.54) is 0 Å². The van der Waals surface area contributed by atoms with Crippen molar-refractivity contribution in [3.05, 3.63) is 30.5 Å². The lowest BCUT2D eigenvalue weighted by molar-refractivity contribution is 0.659. The molecule has 0 radical (unpaired) electrons. The van der Waals surface area contributed by atoms with Gasteiger partial charge in [0.25, 0.3) is 0 Å². The van der Waals surface area contributed by atoms with Crippen molar-refractivity contribution in [3.8, 4) is 11.3 Å². The number of nitrogens with zero attached hydrogens (tertiary/aromatic N) is 4. The number of likely N-dealkylation sites (N-methyl/N-ethyl adjacent to an activating group) is 1. The lowest BCUT2D eigenvalue weighted by Crippen LogP contribution is -2.15. The predicted octanol–water partition coefficient (Wildman–Crippen LogP) is 1.86. The Balaban J connectivity index is 0.000000956. The zero-order valence-electron chi connectivity index (χ0n) is 12.5. The molecule has 2 heterocycles. The Bertz CT molecular complexity index is 511. The minimum Gasteiger partial charge on any atom is -0.368 e. The Hall–Kier alpha value is -2.08. The SMILES string of the molecule is CC.CNCC(C)c1cc(-c2cnc(N)nc2)ncn1. The molecule has 20 heavy (non-hydrogen) atoms. The summed E-state index contributed by atoms with van der Waals surface area (Å²) in [5.41, 5.74) is 8.10. The smallest absolute Gasteiger partial charge is 0.219 e. The van der Waals surface area contributed by atoms with E-state index in [1.807, 2.05) is 27.0 Å². The van der Waals surface area contributed by atoms with Crippen molar-refractivity contribution >= 4 is 5.95 Å². The second kappa shape index (κ2) is 8.16. The number of aromatic nitrogens is 4. The standard InChI is InChI=1S/C12H16N6.C2H6/c1-8(4-14-2)10-3-11(18-7-17-10)9-5-15-12(13)16-6-9;1-2/h3,5-8,14H,4H2,1-2H3,(H2,13,15,16);1-2H3. The van der Waals surface area contributed by atoms with E-state index < -0.39 is 0 Å². The van der Waals surface area contributed by atoms with Crippen molar-refractivity contribution in [2.24, 2.45) is 0 Å². The summed E-state index contributed by atoms with van der Waals surface area (Å²) < 4.78 is 0. The molecule has 1 unspecified atom stereocenters. The number of nitrogens with two attached hydrogens (primary N) is 1. The van der Waals surface area contributed by atoms with Gasteiger partial charge in [-0.1, -0.05) is 20.8 Å². The first-order valence-electron chi connectivity index (χ1n) is 6.75. The van der Waals surface area contributed by atoms with Crippen LogP contribution in [-0.4, -0.2) is 33.5 Å². The van der Waals surface area contributed by atoms with Gasteiger partial charge < -0.3 is 11.1 Å². The molecular weight excluding hydrogens is 252 g/mol. The predicted molar refractivity (Wildman–Crippen MR) is 81.2 cm³/mol. The van der Waals surface area contributed by atoms with Gasteiger partial charge in [-0.3, -0.25) is 0 Å². The van der Waals surface area contributed by atoms with Gasteiger partial charge in [0.2, 0.25) is 5.95 Å². The van der Waals surface area contributed by atoms with Crippen LogP contribution in [0.1, 0.15) is 32.4 Å². The molecule has 108 valence electrons. The summed E-state index contributed by atoms with van der Waals surface area (Å²) in [6.45, 7) is 6.98. The van der Waals surface area contributed by atoms with Crippen molar-refractivity contribution in [2.75, 3.05) is 19.3 Å². The monoisotopic (exact) mass is 274 g/mol. The van der Waals surface area contributed by atoms with Crippen LogP contribution in [0.3, 0.4) is 0 Å². The van der Waals surface area contributed by atoms with Crippen LogP contribution < -0.4 is 11.1 Å². The molecule has 1 atom stereocenters. The lowest BCUT2D eigenvalue weighted by Gasteiger charge is -2.10. The van der Waals surface area contributed by atoms with Gasteiger partial charge in [0.15, 0.2) is 0 Å². The number of anilines is 1. The maximum atomic E-state index is 5.46. The summed E-state index contributed by atoms with van der Waals surface area (Å²) in [4.78, 5) is 16.4. The van der Waals surface area contributed by atoms with Crippen molar-refractivity contribution < 1.29 is 0 Å². The van der Waals surface area contributed by atoms with Gasteiger partial charge in [-0.2, -0.15) is 0 Å². The first-order valence-corrected chi connectivity index (χ1v) is 6.75. The molecule has 0 amide bonds. The van der Waals surface area contributed by atoms with E-state index in [9.17, 15) is 0 Å². The molecule has 0 saturated heterocycles. The van der Waals surface area contributed by atoms with Crippen LogP contribution >= 0.6 is 0 Å². The zero-order chi connectivity index (χ0) is 15.0. The van der Waals surface area contributed by atoms with Crippen molar-refractivity contribution in [1.29, 1.82) is 0 Å². The van der Waals surface area contributed by atoms with Crippen LogP contribution in [0.2, 0.25) is 0 Å². The Morgan fingerprint density at radius 3 is 2.40 bits per heavy atom. The third-order valence-corrected chi connectivity index (χ3v) is 2.67. The third-order valence-electron chi connectivity index (χ3n) is 2.67. The van der Waals surface area contributed by atoms with E-state index >= 15 is 0 Å². The Labute approximate surface area is 119 Å². The van der Waals surface area contributed by atoms with Gasteiger partial charge in [-0.15, -0.1) is 0 Å². The molecule has 0 bridgehead atoms. The molecule has 2 rings (SSSR count). The average molecular weight is 274 g/mol. The molecule has 6 nitrogen and oxygen atoms in total. The third kappa shape index (κ3) is 4.24. The highest BCUT2D eigenvalue weighted by molar-refractivity contribution is 5.57. The highest BCUT2D eigenvalue weighted by Crippen LogP contribution is 2.19. The Kier molecular flexibility index (Phi) is 6.52. The molecule has 2 aromatic rings. The molecular formula is C14H22N6. The largest absolute Gasteiger partial charge is 0.368 e. The van der Waals surface area contributed by atoms with Crippen molar-refractivity contribution in [3.63, 3.8) is 0 Å². The van der Waals surface area contributed by atoms with Crippen LogP contribution in [0.25, 0.3) is 11.3 Å². The van der Waals surface area contributed by atoms with Gasteiger partial charge >= 0.3 is 0 Å². The summed E-state index contributed by atoms with van der Waals surface area (Å²) in [7, 11) is 1.92. The van der Waals surface area contributed by atoms with Gasteiger partial charge in [-0.25, -0.2) is 19.9 Å². The second-order valence-corrected chi connectivity index (χ2v) is 4.12. The molecule has 0 aliphatic heterocycles. The van der Waals surface area contributed by atoms with E-state index in [0.717, 1.165) is 23.5 Å². The number of nitrogens with one attached hydrogen (secondary N) is 1. The van der Waals surface area contributed by atoms with E-state index in [-0.39, 0.29) is 5.95 Å². The zero-order valence-corrected chi connectivity index (χ0v) is 12.5. The van der Waals surface area contributed by atoms with Crippen LogP contribution in [0.15, 0.2) is 24.8 Å². The highest BCUT2D eigenvalue weighted by atomic mass is 15.0. The van der Waals surface area contributed by atoms with Crippen molar-refractivity contribution in [1.82, 2.24) is 25.3 Å². The highest BCUT2D eigenvalue weighted by Gasteiger charge is 2.08. The average Bonchev–Trinajstić information content (AvgIpc) is 2.50. The van der Waals surface area contributed by atoms with Crippen LogP contribution in [0.5, 0.6) is 0 Å². The second-order valence-electron chi connectivity index (χ2n) is 4.12. The maximum absolute atomic E-state index is 5.46. The Morgan fingerprint density at radius 2 is 1.80 bits per heavy atom. The van der Waals surface area contributed by atoms with Gasteiger partial charge in [0, 0.05) is 36.1 Å².